The Morgan fingerprint density at radius 2 is 0.829 bits per heavy atom. The molecule has 3 unspecified atom stereocenters. The van der Waals surface area contributed by atoms with E-state index in [0.29, 0.717) is 63.8 Å². The van der Waals surface area contributed by atoms with Crippen LogP contribution >= 0.6 is 0 Å². The Morgan fingerprint density at radius 1 is 0.423 bits per heavy atom. The number of alkyl halides is 2. The smallest absolute Gasteiger partial charge is 0.251 e. The van der Waals surface area contributed by atoms with E-state index in [1.807, 2.05) is 6.07 Å². The summed E-state index contributed by atoms with van der Waals surface area (Å²) in [6, 6.07) is 32.7. The molecule has 111 heavy (non-hydrogen) atoms. The van der Waals surface area contributed by atoms with Crippen LogP contribution in [0.4, 0.5) is 13.2 Å². The Kier molecular flexibility index (Phi) is 27.8. The zero-order chi connectivity index (χ0) is 78.3. The highest BCUT2D eigenvalue weighted by molar-refractivity contribution is 5.99. The van der Waals surface area contributed by atoms with Crippen LogP contribution in [0.3, 0.4) is 0 Å². The second-order valence-electron chi connectivity index (χ2n) is 27.4. The van der Waals surface area contributed by atoms with Gasteiger partial charge in [0, 0.05) is 136 Å². The molecule has 5 aromatic heterocycles. The molecule has 13 rings (SSSR count). The number of aromatic amines is 5. The summed E-state index contributed by atoms with van der Waals surface area (Å²) in [6.07, 6.45) is 17.8. The molecule has 0 aliphatic heterocycles. The summed E-state index contributed by atoms with van der Waals surface area (Å²) in [6.45, 7) is 0.462. The fourth-order valence-corrected chi connectivity index (χ4v) is 13.7. The van der Waals surface area contributed by atoms with Crippen molar-refractivity contribution in [1.29, 1.82) is 0 Å². The minimum atomic E-state index is -0.909. The van der Waals surface area contributed by atoms with Crippen molar-refractivity contribution in [2.75, 3.05) is 46.3 Å². The SMILES string of the molecule is O=C(Cc1c[nH]c2ccc(O)cc12)NC(Cc1c[nH]c2ccc(O)cc12)C(=O)CCCCCCC[18F].O=C(Cc1c[nH]c2ccc(O)cc12)NC(Cc1c[nH]c2ccc(O)cc12)C(=O)CCCOCCOCC[18F].O=C(NC(Cc1c[nH]c2ccc(O)cc12)C(=O)NCCC1=CCc2ccc(O)cc21)c1ccc([18F])cc1. The number of allylic oxidation sites excluding steroid dienone is 1. The highest BCUT2D eigenvalue weighted by Crippen LogP contribution is 2.34. The number of benzene rings is 7. The fraction of sp³-hybridized carbons (Fsp3) is 0.294. The molecule has 4 amide bonds. The monoisotopic (exact) mass is 1510 g/mol. The van der Waals surface area contributed by atoms with Gasteiger partial charge in [0.05, 0.1) is 51.4 Å². The number of Topliss-reactive ketones (excluding diaryl/α,β-unsaturated/α-hetero) is 2. The van der Waals surface area contributed by atoms with Gasteiger partial charge in [-0.05, 0) is 204 Å². The Morgan fingerprint density at radius 3 is 1.30 bits per heavy atom. The van der Waals surface area contributed by atoms with Crippen LogP contribution in [-0.2, 0) is 72.0 Å². The third kappa shape index (κ3) is 22.0. The topological polar surface area (TPSA) is 369 Å². The molecule has 580 valence electrons. The molecular weight excluding hydrogens is 1420 g/mol. The summed E-state index contributed by atoms with van der Waals surface area (Å²) in [5.41, 5.74) is 11.3. The molecule has 7 aromatic carbocycles. The number of phenolic OH excluding ortho intramolecular Hbond substituents is 6. The largest absolute Gasteiger partial charge is 0.508 e. The molecule has 5 heterocycles. The van der Waals surface area contributed by atoms with E-state index in [2.05, 4.69) is 52.3 Å². The molecule has 15 N–H and O–H groups in total. The molecule has 23 nitrogen and oxygen atoms in total. The van der Waals surface area contributed by atoms with Gasteiger partial charge in [-0.3, -0.25) is 33.2 Å². The Bertz CT molecular complexity index is 5250. The summed E-state index contributed by atoms with van der Waals surface area (Å²) >= 11 is 0. The average molecular weight is 1520 g/mol. The molecule has 1 aliphatic rings. The number of H-pyrrole nitrogens is 5. The minimum Gasteiger partial charge on any atom is -0.508 e. The van der Waals surface area contributed by atoms with Gasteiger partial charge in [0.1, 0.15) is 53.0 Å². The van der Waals surface area contributed by atoms with Crippen molar-refractivity contribution in [1.82, 2.24) is 46.2 Å². The maximum Gasteiger partial charge on any atom is 0.251 e. The van der Waals surface area contributed by atoms with Crippen LogP contribution in [-0.4, -0.2) is 155 Å². The molecule has 0 saturated heterocycles. The van der Waals surface area contributed by atoms with E-state index in [1.165, 1.54) is 24.3 Å². The first-order valence-corrected chi connectivity index (χ1v) is 37.0. The lowest BCUT2D eigenvalue weighted by atomic mass is 9.97. The molecule has 0 bridgehead atoms. The van der Waals surface area contributed by atoms with Crippen LogP contribution in [0.15, 0.2) is 171 Å². The third-order valence-corrected chi connectivity index (χ3v) is 19.5. The van der Waals surface area contributed by atoms with Gasteiger partial charge in [0.2, 0.25) is 17.7 Å². The van der Waals surface area contributed by atoms with E-state index < -0.39 is 36.5 Å². The summed E-state index contributed by atoms with van der Waals surface area (Å²) < 4.78 is 48.1. The molecule has 3 atom stereocenters. The summed E-state index contributed by atoms with van der Waals surface area (Å²) in [4.78, 5) is 94.2. The van der Waals surface area contributed by atoms with Gasteiger partial charge in [0.25, 0.3) is 5.91 Å². The number of carbonyl (C=O) groups is 6. The van der Waals surface area contributed by atoms with E-state index >= 15 is 0 Å². The van der Waals surface area contributed by atoms with Crippen molar-refractivity contribution in [2.24, 2.45) is 0 Å². The van der Waals surface area contributed by atoms with Crippen molar-refractivity contribution in [3.05, 3.63) is 221 Å². The lowest BCUT2D eigenvalue weighted by Crippen LogP contribution is -2.48. The molecule has 26 heteroatoms. The van der Waals surface area contributed by atoms with Gasteiger partial charge < -0.3 is 86.3 Å². The molecule has 12 aromatic rings. The molecular formula is C85H90F3N9O14. The van der Waals surface area contributed by atoms with Gasteiger partial charge in [-0.25, -0.2) is 8.78 Å². The third-order valence-electron chi connectivity index (χ3n) is 19.5. The first kappa shape index (κ1) is 79.7. The van der Waals surface area contributed by atoms with Gasteiger partial charge >= 0.3 is 0 Å². The van der Waals surface area contributed by atoms with E-state index in [4.69, 9.17) is 9.47 Å². The molecule has 0 fully saturated rings. The lowest BCUT2D eigenvalue weighted by Gasteiger charge is -2.19. The van der Waals surface area contributed by atoms with Crippen LogP contribution in [0.2, 0.25) is 0 Å². The normalized spacial score (nSPS) is 12.5. The quantitative estimate of drug-likeness (QED) is 0.0162. The number of halogens is 3. The van der Waals surface area contributed by atoms with E-state index in [9.17, 15) is 72.6 Å². The van der Waals surface area contributed by atoms with Gasteiger partial charge in [0.15, 0.2) is 11.6 Å². The number of carbonyl (C=O) groups excluding carboxylic acids is 6. The number of aromatic nitrogens is 5. The standard InChI is InChI=1S/C29H26FN3O4.C28H32FN3O6.C28H32FN3O4/c30-21-6-3-19(4-7-21)28(36)33-27(13-20-16-32-26-10-9-23(35)15-25(20)26)29(37)31-12-11-18-2-1-17-5-8-22(34)14-24(17)18;29-7-9-38-11-10-37-8-1-2-27(35)26(12-18-16-30-24-5-3-20(33)14-22(18)24)32-28(36)13-19-17-31-25-6-4-21(34)15-23(19)25;29-11-5-3-1-2-4-6-27(35)26(12-18-16-30-24-9-7-20(33)14-22(18)24)32-28(36)13-19-17-31-25-10-8-21(34)15-23(19)25/h2-10,14-16,27,32,34-35H,1,11-13H2,(H,31,37)(H,33,36);3-6,14-17,26,30-31,33-34H,1-2,7-13H2,(H,32,36);7-10,14-17,26,30-31,33-34H,1-6,11-13H2,(H,32,36)/i30-1;2*29-1. The van der Waals surface area contributed by atoms with Crippen LogP contribution in [0.5, 0.6) is 34.5 Å². The lowest BCUT2D eigenvalue weighted by molar-refractivity contribution is -0.127. The second kappa shape index (κ2) is 38.7. The van der Waals surface area contributed by atoms with Crippen LogP contribution in [0.1, 0.15) is 107 Å². The number of hydrogen-bond donors (Lipinski definition) is 15. The highest BCUT2D eigenvalue weighted by atomic mass is 18.2. The van der Waals surface area contributed by atoms with Crippen molar-refractivity contribution in [3.63, 3.8) is 0 Å². The van der Waals surface area contributed by atoms with Crippen LogP contribution in [0.25, 0.3) is 60.1 Å². The summed E-state index contributed by atoms with van der Waals surface area (Å²) in [5.74, 6) is -1.36. The number of aromatic hydroxyl groups is 6. The maximum absolute atomic E-state index is 13.3. The zero-order valence-electron chi connectivity index (χ0n) is 61.0. The molecule has 0 saturated carbocycles. The Labute approximate surface area is 636 Å². The maximum atomic E-state index is 13.3. The minimum absolute atomic E-state index is 0.0316. The number of phenols is 6. The number of nitrogens with one attached hydrogen (secondary N) is 9. The first-order valence-electron chi connectivity index (χ1n) is 37.0. The zero-order valence-corrected chi connectivity index (χ0v) is 61.0. The van der Waals surface area contributed by atoms with Crippen molar-refractivity contribution < 1.29 is 82.1 Å². The van der Waals surface area contributed by atoms with Crippen molar-refractivity contribution in [2.45, 2.75) is 114 Å². The Balaban J connectivity index is 0.000000165. The molecule has 0 radical (unpaired) electrons. The fourth-order valence-electron chi connectivity index (χ4n) is 13.7. The predicted molar refractivity (Wildman–Crippen MR) is 418 cm³/mol. The van der Waals surface area contributed by atoms with Gasteiger partial charge in [-0.2, -0.15) is 0 Å². The number of fused-ring (bicyclic) bond motifs is 6. The number of amides is 4. The number of rotatable bonds is 36. The second-order valence-corrected chi connectivity index (χ2v) is 27.4. The average Bonchev–Trinajstić information content (AvgIpc) is 1.60. The van der Waals surface area contributed by atoms with Gasteiger partial charge in [-0.15, -0.1) is 0 Å². The van der Waals surface area contributed by atoms with Crippen molar-refractivity contribution >= 4 is 95.3 Å². The van der Waals surface area contributed by atoms with E-state index in [1.54, 1.807) is 134 Å². The Hall–Kier alpha value is -12.3. The highest BCUT2D eigenvalue weighted by Gasteiger charge is 2.28. The number of hydrogen-bond acceptors (Lipinski definition) is 14. The van der Waals surface area contributed by atoms with Crippen molar-refractivity contribution in [3.8, 4) is 34.5 Å². The number of unbranched alkanes of at least 4 members (excludes halogenated alkanes) is 4. The number of ether oxygens (including phenoxy) is 2. The van der Waals surface area contributed by atoms with Crippen LogP contribution in [0, 0.1) is 5.82 Å². The molecule has 1 aliphatic carbocycles. The predicted octanol–water partition coefficient (Wildman–Crippen LogP) is 13.1. The number of ketones is 2. The van der Waals surface area contributed by atoms with Crippen LogP contribution < -0.4 is 21.3 Å². The summed E-state index contributed by atoms with van der Waals surface area (Å²) in [7, 11) is 0. The molecule has 0 spiro atoms. The van der Waals surface area contributed by atoms with E-state index in [0.717, 1.165) is 119 Å². The first-order chi connectivity index (χ1) is 53.7. The summed E-state index contributed by atoms with van der Waals surface area (Å²) in [5, 5.41) is 74.6. The van der Waals surface area contributed by atoms with E-state index in [-0.39, 0.29) is 121 Å². The van der Waals surface area contributed by atoms with Gasteiger partial charge in [-0.1, -0.05) is 31.4 Å².